The Balaban J connectivity index is 1.56. The van der Waals surface area contributed by atoms with Crippen molar-refractivity contribution in [2.45, 2.75) is 19.5 Å². The van der Waals surface area contributed by atoms with E-state index in [0.717, 1.165) is 16.3 Å². The monoisotopic (exact) mass is 329 g/mol. The third kappa shape index (κ3) is 3.75. The summed E-state index contributed by atoms with van der Waals surface area (Å²) in [5.41, 5.74) is 0.812. The van der Waals surface area contributed by atoms with Crippen LogP contribution in [0.2, 0.25) is 0 Å². The van der Waals surface area contributed by atoms with Gasteiger partial charge in [0.25, 0.3) is 0 Å². The van der Waals surface area contributed by atoms with Crippen molar-refractivity contribution in [3.8, 4) is 0 Å². The molecule has 1 atom stereocenters. The van der Waals surface area contributed by atoms with E-state index in [2.05, 4.69) is 15.5 Å². The zero-order valence-electron chi connectivity index (χ0n) is 13.1. The molecule has 0 unspecified atom stereocenters. The Morgan fingerprint density at radius 3 is 3.00 bits per heavy atom. The molecule has 0 saturated carbocycles. The number of thiophene rings is 1. The van der Waals surface area contributed by atoms with Gasteiger partial charge in [0.15, 0.2) is 11.5 Å². The van der Waals surface area contributed by atoms with E-state index in [1.165, 1.54) is 0 Å². The van der Waals surface area contributed by atoms with Crippen molar-refractivity contribution in [2.24, 2.45) is 0 Å². The molecule has 23 heavy (non-hydrogen) atoms. The summed E-state index contributed by atoms with van der Waals surface area (Å²) in [7, 11) is 1.90. The summed E-state index contributed by atoms with van der Waals surface area (Å²) < 4.78 is 1.93. The van der Waals surface area contributed by atoms with E-state index in [1.807, 2.05) is 65.2 Å². The lowest BCUT2D eigenvalue weighted by Crippen LogP contribution is -2.36. The van der Waals surface area contributed by atoms with E-state index in [1.54, 1.807) is 11.3 Å². The fourth-order valence-corrected chi connectivity index (χ4v) is 3.17. The van der Waals surface area contributed by atoms with Gasteiger partial charge in [0.2, 0.25) is 5.91 Å². The fourth-order valence-electron chi connectivity index (χ4n) is 2.44. The maximum atomic E-state index is 12.2. The minimum absolute atomic E-state index is 0.00206. The molecule has 0 aromatic carbocycles. The number of nitrogens with one attached hydrogen (secondary N) is 1. The summed E-state index contributed by atoms with van der Waals surface area (Å²) in [6, 6.07) is 9.83. The summed E-state index contributed by atoms with van der Waals surface area (Å²) in [6.45, 7) is 2.87. The van der Waals surface area contributed by atoms with Gasteiger partial charge in [-0.2, -0.15) is 0 Å². The van der Waals surface area contributed by atoms with Gasteiger partial charge < -0.3 is 5.32 Å². The van der Waals surface area contributed by atoms with Crippen LogP contribution in [0.3, 0.4) is 0 Å². The number of nitrogens with zero attached hydrogens (tertiary/aromatic N) is 4. The molecule has 3 rings (SSSR count). The molecule has 0 bridgehead atoms. The Morgan fingerprint density at radius 2 is 2.22 bits per heavy atom. The SMILES string of the molecule is C[C@@H](NC(=O)CN(C)Cc1nnc2ccccn12)c1cccs1. The Bertz CT molecular complexity index is 783. The first-order valence-corrected chi connectivity index (χ1v) is 8.31. The second-order valence-electron chi connectivity index (χ2n) is 5.52. The van der Waals surface area contributed by atoms with Gasteiger partial charge in [-0.15, -0.1) is 21.5 Å². The molecule has 1 amide bonds. The molecule has 3 aromatic heterocycles. The van der Waals surface area contributed by atoms with Crippen LogP contribution in [-0.2, 0) is 11.3 Å². The van der Waals surface area contributed by atoms with Gasteiger partial charge >= 0.3 is 0 Å². The Hall–Kier alpha value is -2.25. The van der Waals surface area contributed by atoms with Gasteiger partial charge in [0, 0.05) is 11.1 Å². The predicted octanol–water partition coefficient (Wildman–Crippen LogP) is 2.10. The van der Waals surface area contributed by atoms with E-state index in [0.29, 0.717) is 13.1 Å². The van der Waals surface area contributed by atoms with Gasteiger partial charge in [0.05, 0.1) is 19.1 Å². The first-order valence-electron chi connectivity index (χ1n) is 7.43. The van der Waals surface area contributed by atoms with E-state index >= 15 is 0 Å². The predicted molar refractivity (Wildman–Crippen MR) is 90.2 cm³/mol. The number of likely N-dealkylation sites (N-methyl/N-ethyl adjacent to an activating group) is 1. The van der Waals surface area contributed by atoms with Crippen LogP contribution < -0.4 is 5.32 Å². The van der Waals surface area contributed by atoms with Crippen molar-refractivity contribution in [3.63, 3.8) is 0 Å². The maximum Gasteiger partial charge on any atom is 0.234 e. The summed E-state index contributed by atoms with van der Waals surface area (Å²) in [5, 5.41) is 13.3. The van der Waals surface area contributed by atoms with Crippen LogP contribution in [0, 0.1) is 0 Å². The summed E-state index contributed by atoms with van der Waals surface area (Å²) in [5.74, 6) is 0.824. The smallest absolute Gasteiger partial charge is 0.234 e. The van der Waals surface area contributed by atoms with Gasteiger partial charge in [-0.3, -0.25) is 14.1 Å². The summed E-state index contributed by atoms with van der Waals surface area (Å²) >= 11 is 1.65. The quantitative estimate of drug-likeness (QED) is 0.752. The number of rotatable bonds is 6. The molecule has 7 heteroatoms. The number of aromatic nitrogens is 3. The Kier molecular flexibility index (Phi) is 4.68. The topological polar surface area (TPSA) is 62.5 Å². The number of hydrogen-bond acceptors (Lipinski definition) is 5. The standard InChI is InChI=1S/C16H19N5OS/c1-12(13-6-5-9-23-13)17-16(22)11-20(2)10-15-19-18-14-7-3-4-8-21(14)15/h3-9,12H,10-11H2,1-2H3,(H,17,22)/t12-/m1/s1. The second kappa shape index (κ2) is 6.89. The minimum Gasteiger partial charge on any atom is -0.348 e. The number of carbonyl (C=O) groups excluding carboxylic acids is 1. The van der Waals surface area contributed by atoms with Crippen LogP contribution in [0.15, 0.2) is 41.9 Å². The summed E-state index contributed by atoms with van der Waals surface area (Å²) in [6.07, 6.45) is 1.93. The molecule has 120 valence electrons. The van der Waals surface area contributed by atoms with Crippen molar-refractivity contribution < 1.29 is 4.79 Å². The molecule has 0 spiro atoms. The normalized spacial score (nSPS) is 12.7. The van der Waals surface area contributed by atoms with Crippen LogP contribution in [0.25, 0.3) is 5.65 Å². The molecule has 0 aliphatic heterocycles. The lowest BCUT2D eigenvalue weighted by molar-refractivity contribution is -0.122. The number of amides is 1. The van der Waals surface area contributed by atoms with Gasteiger partial charge in [-0.25, -0.2) is 0 Å². The average Bonchev–Trinajstić information content (AvgIpc) is 3.17. The van der Waals surface area contributed by atoms with Crippen LogP contribution in [0.5, 0.6) is 0 Å². The van der Waals surface area contributed by atoms with Gasteiger partial charge in [-0.1, -0.05) is 12.1 Å². The van der Waals surface area contributed by atoms with Crippen molar-refractivity contribution in [3.05, 3.63) is 52.6 Å². The molecule has 0 radical (unpaired) electrons. The molecule has 1 N–H and O–H groups in total. The van der Waals surface area contributed by atoms with Crippen molar-refractivity contribution in [2.75, 3.05) is 13.6 Å². The lowest BCUT2D eigenvalue weighted by atomic mass is 10.2. The molecular weight excluding hydrogens is 310 g/mol. The highest BCUT2D eigenvalue weighted by atomic mass is 32.1. The van der Waals surface area contributed by atoms with Gasteiger partial charge in [-0.05, 0) is 37.6 Å². The highest BCUT2D eigenvalue weighted by molar-refractivity contribution is 7.10. The first kappa shape index (κ1) is 15.6. The number of carbonyl (C=O) groups is 1. The lowest BCUT2D eigenvalue weighted by Gasteiger charge is -2.17. The highest BCUT2D eigenvalue weighted by Crippen LogP contribution is 2.17. The van der Waals surface area contributed by atoms with Crippen LogP contribution >= 0.6 is 11.3 Å². The number of fused-ring (bicyclic) bond motifs is 1. The van der Waals surface area contributed by atoms with Gasteiger partial charge in [0.1, 0.15) is 0 Å². The van der Waals surface area contributed by atoms with E-state index in [4.69, 9.17) is 0 Å². The highest BCUT2D eigenvalue weighted by Gasteiger charge is 2.14. The first-order chi connectivity index (χ1) is 11.1. The number of pyridine rings is 1. The van der Waals surface area contributed by atoms with Crippen molar-refractivity contribution in [1.29, 1.82) is 0 Å². The maximum absolute atomic E-state index is 12.2. The molecule has 0 aliphatic carbocycles. The van der Waals surface area contributed by atoms with E-state index in [-0.39, 0.29) is 11.9 Å². The second-order valence-corrected chi connectivity index (χ2v) is 6.50. The zero-order chi connectivity index (χ0) is 16.2. The Labute approximate surface area is 138 Å². The molecular formula is C16H19N5OS. The zero-order valence-corrected chi connectivity index (χ0v) is 14.0. The van der Waals surface area contributed by atoms with Crippen LogP contribution in [0.1, 0.15) is 23.7 Å². The molecule has 0 fully saturated rings. The largest absolute Gasteiger partial charge is 0.348 e. The van der Waals surface area contributed by atoms with Crippen molar-refractivity contribution >= 4 is 22.9 Å². The molecule has 3 heterocycles. The molecule has 6 nitrogen and oxygen atoms in total. The molecule has 0 saturated heterocycles. The van der Waals surface area contributed by atoms with Crippen LogP contribution in [-0.4, -0.2) is 39.0 Å². The fraction of sp³-hybridized carbons (Fsp3) is 0.312. The van der Waals surface area contributed by atoms with Crippen molar-refractivity contribution in [1.82, 2.24) is 24.8 Å². The molecule has 0 aliphatic rings. The summed E-state index contributed by atoms with van der Waals surface area (Å²) in [4.78, 5) is 15.2. The third-order valence-corrected chi connectivity index (χ3v) is 4.61. The van der Waals surface area contributed by atoms with Crippen LogP contribution in [0.4, 0.5) is 0 Å². The molecule has 3 aromatic rings. The average molecular weight is 329 g/mol. The van der Waals surface area contributed by atoms with E-state index < -0.39 is 0 Å². The minimum atomic E-state index is 0.00206. The third-order valence-electron chi connectivity index (χ3n) is 3.56. The number of hydrogen-bond donors (Lipinski definition) is 1. The van der Waals surface area contributed by atoms with E-state index in [9.17, 15) is 4.79 Å². The Morgan fingerprint density at radius 1 is 1.35 bits per heavy atom.